The second-order valence-electron chi connectivity index (χ2n) is 14.5. The Labute approximate surface area is 363 Å². The SMILES string of the molecule is Cc1cccc2nc(CCC(=O)N3CCN(c4ccc(C#N)cn4)CC3)[nH]c(=O)c12.Cc1cccc2nc(CCC(=O)O)[nH]c(=O)c12.Cl.N#Cc1ccc(N2CCNCC2)nc1. The fourth-order valence-electron chi connectivity index (χ4n) is 7.02. The molecular weight excluding hydrogens is 812 g/mol. The van der Waals surface area contributed by atoms with Gasteiger partial charge in [-0.05, 0) is 61.4 Å². The molecule has 62 heavy (non-hydrogen) atoms. The van der Waals surface area contributed by atoms with Gasteiger partial charge < -0.3 is 35.1 Å². The number of amides is 1. The molecule has 6 heterocycles. The minimum absolute atomic E-state index is 0. The number of aromatic nitrogens is 6. The molecule has 17 nitrogen and oxygen atoms in total. The minimum Gasteiger partial charge on any atom is -0.481 e. The fourth-order valence-corrected chi connectivity index (χ4v) is 7.02. The number of nitriles is 2. The summed E-state index contributed by atoms with van der Waals surface area (Å²) in [5.74, 6) is 1.87. The van der Waals surface area contributed by atoms with E-state index in [4.69, 9.17) is 15.6 Å². The number of anilines is 2. The average molecular weight is 859 g/mol. The number of hydrogen-bond acceptors (Lipinski definition) is 13. The predicted octanol–water partition coefficient (Wildman–Crippen LogP) is 3.81. The first-order chi connectivity index (χ1) is 29.5. The van der Waals surface area contributed by atoms with Gasteiger partial charge in [-0.25, -0.2) is 19.9 Å². The van der Waals surface area contributed by atoms with Crippen LogP contribution in [0.3, 0.4) is 0 Å². The quantitative estimate of drug-likeness (QED) is 0.170. The summed E-state index contributed by atoms with van der Waals surface area (Å²) in [5, 5.41) is 30.5. The van der Waals surface area contributed by atoms with E-state index in [0.717, 1.165) is 48.9 Å². The Bertz CT molecular complexity index is 2700. The molecule has 1 amide bonds. The highest BCUT2D eigenvalue weighted by Crippen LogP contribution is 2.17. The maximum absolute atomic E-state index is 12.6. The van der Waals surface area contributed by atoms with Crippen LogP contribution in [0.2, 0.25) is 0 Å². The third-order valence-electron chi connectivity index (χ3n) is 10.3. The molecule has 18 heteroatoms. The van der Waals surface area contributed by atoms with E-state index < -0.39 is 5.97 Å². The second kappa shape index (κ2) is 21.9. The number of carbonyl (C=O) groups excluding carboxylic acids is 1. The summed E-state index contributed by atoms with van der Waals surface area (Å²) in [5.41, 5.74) is 3.78. The molecule has 2 saturated heterocycles. The zero-order valence-corrected chi connectivity index (χ0v) is 35.2. The van der Waals surface area contributed by atoms with Gasteiger partial charge in [0.2, 0.25) is 5.91 Å². The Hall–Kier alpha value is -7.21. The Kier molecular flexibility index (Phi) is 16.2. The van der Waals surface area contributed by atoms with Crippen LogP contribution in [0.4, 0.5) is 11.6 Å². The van der Waals surface area contributed by atoms with Gasteiger partial charge in [-0.15, -0.1) is 12.4 Å². The van der Waals surface area contributed by atoms with Gasteiger partial charge in [0.15, 0.2) is 0 Å². The minimum atomic E-state index is -0.906. The van der Waals surface area contributed by atoms with Gasteiger partial charge in [-0.2, -0.15) is 10.5 Å². The maximum Gasteiger partial charge on any atom is 0.303 e. The van der Waals surface area contributed by atoms with Crippen molar-refractivity contribution in [2.75, 3.05) is 62.2 Å². The Morgan fingerprint density at radius 1 is 0.677 bits per heavy atom. The van der Waals surface area contributed by atoms with Crippen molar-refractivity contribution in [3.05, 3.63) is 128 Å². The standard InChI is InChI=1S/C22H22N6O2.C12H12N2O3.C10H12N4.ClH/c1-15-3-2-4-17-21(15)22(30)26-18(25-17)6-8-20(29)28-11-9-27(10-12-28)19-7-5-16(13-23)14-24-19;1-7-3-2-4-8-11(7)12(17)14-9(13-8)5-6-10(15)16;11-7-9-1-2-10(13-8-9)14-5-3-12-4-6-14;/h2-5,7,14H,6,8-12H2,1H3,(H,25,26,30);2-4H,5-6H2,1H3,(H,15,16)(H,13,14,17);1-2,8,12H,3-6H2;1H. The summed E-state index contributed by atoms with van der Waals surface area (Å²) >= 11 is 0. The summed E-state index contributed by atoms with van der Waals surface area (Å²) in [6, 6.07) is 22.4. The van der Waals surface area contributed by atoms with E-state index in [0.29, 0.717) is 83.6 Å². The number of carboxylic acid groups (broad SMARTS) is 1. The van der Waals surface area contributed by atoms with E-state index in [1.165, 1.54) is 0 Å². The molecule has 6 aromatic rings. The lowest BCUT2D eigenvalue weighted by atomic mass is 10.1. The van der Waals surface area contributed by atoms with Crippen molar-refractivity contribution in [2.24, 2.45) is 0 Å². The number of carbonyl (C=O) groups is 2. The normalized spacial score (nSPS) is 13.4. The number of carboxylic acids is 1. The first-order valence-corrected chi connectivity index (χ1v) is 19.9. The first-order valence-electron chi connectivity index (χ1n) is 19.9. The number of fused-ring (bicyclic) bond motifs is 2. The predicted molar refractivity (Wildman–Crippen MR) is 238 cm³/mol. The Morgan fingerprint density at radius 2 is 1.15 bits per heavy atom. The summed E-state index contributed by atoms with van der Waals surface area (Å²) < 4.78 is 0. The van der Waals surface area contributed by atoms with E-state index >= 15 is 0 Å². The number of nitrogens with zero attached hydrogens (tertiary/aromatic N) is 9. The van der Waals surface area contributed by atoms with Gasteiger partial charge in [0.1, 0.15) is 35.4 Å². The van der Waals surface area contributed by atoms with E-state index in [1.807, 2.05) is 67.3 Å². The highest BCUT2D eigenvalue weighted by atomic mass is 35.5. The van der Waals surface area contributed by atoms with Gasteiger partial charge in [0.25, 0.3) is 11.1 Å². The molecule has 2 aliphatic rings. The van der Waals surface area contributed by atoms with Crippen LogP contribution >= 0.6 is 12.4 Å². The van der Waals surface area contributed by atoms with E-state index in [2.05, 4.69) is 57.2 Å². The second-order valence-corrected chi connectivity index (χ2v) is 14.5. The molecule has 4 N–H and O–H groups in total. The molecule has 0 bridgehead atoms. The van der Waals surface area contributed by atoms with Crippen molar-refractivity contribution in [3.63, 3.8) is 0 Å². The zero-order chi connectivity index (χ0) is 43.3. The highest BCUT2D eigenvalue weighted by Gasteiger charge is 2.22. The molecule has 0 saturated carbocycles. The third kappa shape index (κ3) is 12.0. The molecule has 0 aliphatic carbocycles. The monoisotopic (exact) mass is 858 g/mol. The summed E-state index contributed by atoms with van der Waals surface area (Å²) in [6.45, 7) is 10.3. The van der Waals surface area contributed by atoms with Crippen LogP contribution in [0, 0.1) is 36.5 Å². The van der Waals surface area contributed by atoms with Crippen LogP contribution in [0.1, 0.15) is 46.7 Å². The summed E-state index contributed by atoms with van der Waals surface area (Å²) in [7, 11) is 0. The fraction of sp³-hybridized carbons (Fsp3) is 0.318. The molecule has 8 rings (SSSR count). The Morgan fingerprint density at radius 3 is 1.58 bits per heavy atom. The molecule has 2 fully saturated rings. The number of benzene rings is 2. The molecule has 0 atom stereocenters. The number of halogens is 1. The molecule has 2 aromatic carbocycles. The van der Waals surface area contributed by atoms with E-state index in [9.17, 15) is 19.2 Å². The van der Waals surface area contributed by atoms with Crippen LogP contribution in [0.25, 0.3) is 21.8 Å². The van der Waals surface area contributed by atoms with E-state index in [1.54, 1.807) is 24.5 Å². The van der Waals surface area contributed by atoms with Crippen molar-refractivity contribution in [1.82, 2.24) is 40.1 Å². The maximum atomic E-state index is 12.6. The third-order valence-corrected chi connectivity index (χ3v) is 10.3. The number of hydrogen-bond donors (Lipinski definition) is 4. The highest BCUT2D eigenvalue weighted by molar-refractivity contribution is 5.85. The van der Waals surface area contributed by atoms with Crippen molar-refractivity contribution >= 4 is 57.7 Å². The molecule has 0 unspecified atom stereocenters. The average Bonchev–Trinajstić information content (AvgIpc) is 3.28. The lowest BCUT2D eigenvalue weighted by molar-refractivity contribution is -0.137. The van der Waals surface area contributed by atoms with E-state index in [-0.39, 0.29) is 42.3 Å². The molecule has 4 aromatic heterocycles. The van der Waals surface area contributed by atoms with Crippen molar-refractivity contribution in [1.29, 1.82) is 10.5 Å². The number of H-pyrrole nitrogens is 2. The van der Waals surface area contributed by atoms with Crippen LogP contribution in [-0.4, -0.2) is 104 Å². The smallest absolute Gasteiger partial charge is 0.303 e. The molecular formula is C44H47ClN12O5. The largest absolute Gasteiger partial charge is 0.481 e. The zero-order valence-electron chi connectivity index (χ0n) is 34.4. The lowest BCUT2D eigenvalue weighted by Crippen LogP contribution is -2.49. The van der Waals surface area contributed by atoms with Crippen LogP contribution in [0.5, 0.6) is 0 Å². The van der Waals surface area contributed by atoms with Crippen molar-refractivity contribution in [2.45, 2.75) is 39.5 Å². The van der Waals surface area contributed by atoms with Gasteiger partial charge in [-0.1, -0.05) is 24.3 Å². The van der Waals surface area contributed by atoms with Crippen molar-refractivity contribution < 1.29 is 14.7 Å². The number of rotatable bonds is 8. The van der Waals surface area contributed by atoms with Crippen LogP contribution in [0.15, 0.2) is 82.6 Å². The number of aryl methyl sites for hydroxylation is 4. The summed E-state index contributed by atoms with van der Waals surface area (Å²) in [4.78, 5) is 76.2. The van der Waals surface area contributed by atoms with Crippen molar-refractivity contribution in [3.8, 4) is 12.1 Å². The van der Waals surface area contributed by atoms with Gasteiger partial charge in [0, 0.05) is 84.0 Å². The molecule has 0 radical (unpaired) electrons. The number of pyridine rings is 2. The molecule has 320 valence electrons. The number of nitrogens with one attached hydrogen (secondary N) is 3. The van der Waals surface area contributed by atoms with Crippen LogP contribution < -0.4 is 26.2 Å². The lowest BCUT2D eigenvalue weighted by Gasteiger charge is -2.35. The topological polar surface area (TPSA) is 241 Å². The number of aliphatic carboxylic acids is 1. The first kappa shape index (κ1) is 45.9. The number of piperazine rings is 2. The Balaban J connectivity index is 0.000000192. The number of aromatic amines is 2. The van der Waals surface area contributed by atoms with Gasteiger partial charge >= 0.3 is 5.97 Å². The molecule has 0 spiro atoms. The van der Waals surface area contributed by atoms with Crippen LogP contribution in [-0.2, 0) is 22.4 Å². The van der Waals surface area contributed by atoms with Gasteiger partial charge in [0.05, 0.1) is 39.4 Å². The molecule has 2 aliphatic heterocycles. The van der Waals surface area contributed by atoms with Gasteiger partial charge in [-0.3, -0.25) is 19.2 Å². The summed E-state index contributed by atoms with van der Waals surface area (Å²) in [6.07, 6.45) is 4.07.